The molecule has 0 aliphatic carbocycles. The lowest BCUT2D eigenvalue weighted by molar-refractivity contribution is 0.0268. The van der Waals surface area contributed by atoms with Crippen LogP contribution in [0, 0.1) is 0 Å². The van der Waals surface area contributed by atoms with E-state index in [1.54, 1.807) is 28.4 Å². The van der Waals surface area contributed by atoms with Gasteiger partial charge >= 0.3 is 0 Å². The molecule has 0 heterocycles. The van der Waals surface area contributed by atoms with Crippen LogP contribution in [0.2, 0.25) is 0 Å². The fourth-order valence-electron chi connectivity index (χ4n) is 2.16. The largest absolute Gasteiger partial charge is 0.493 e. The molecule has 1 rings (SSSR count). The van der Waals surface area contributed by atoms with Gasteiger partial charge in [0, 0.05) is 25.8 Å². The molecule has 1 aromatic carbocycles. The average molecular weight is 353 g/mol. The van der Waals surface area contributed by atoms with E-state index in [2.05, 4.69) is 15.6 Å². The van der Waals surface area contributed by atoms with Gasteiger partial charge in [-0.1, -0.05) is 0 Å². The molecule has 0 radical (unpaired) electrons. The summed E-state index contributed by atoms with van der Waals surface area (Å²) in [7, 11) is 6.49. The molecule has 0 aliphatic rings. The quantitative estimate of drug-likeness (QED) is 0.524. The van der Waals surface area contributed by atoms with Gasteiger partial charge in [-0.3, -0.25) is 0 Å². The van der Waals surface area contributed by atoms with Crippen LogP contribution in [-0.2, 0) is 11.3 Å². The van der Waals surface area contributed by atoms with Crippen molar-refractivity contribution in [1.29, 1.82) is 0 Å². The molecule has 0 spiro atoms. The third kappa shape index (κ3) is 6.01. The lowest BCUT2D eigenvalue weighted by atomic mass is 10.1. The van der Waals surface area contributed by atoms with Gasteiger partial charge in [-0.25, -0.2) is 4.99 Å². The lowest BCUT2D eigenvalue weighted by Crippen LogP contribution is -2.45. The second-order valence-electron chi connectivity index (χ2n) is 6.01. The van der Waals surface area contributed by atoms with Crippen LogP contribution < -0.4 is 24.8 Å². The topological polar surface area (TPSA) is 73.3 Å². The van der Waals surface area contributed by atoms with Crippen molar-refractivity contribution in [2.75, 3.05) is 41.5 Å². The van der Waals surface area contributed by atoms with Crippen molar-refractivity contribution in [2.24, 2.45) is 4.99 Å². The highest BCUT2D eigenvalue weighted by atomic mass is 16.5. The Morgan fingerprint density at radius 1 is 1.00 bits per heavy atom. The summed E-state index contributed by atoms with van der Waals surface area (Å²) in [5, 5.41) is 6.51. The molecule has 0 saturated heterocycles. The molecule has 0 aliphatic heterocycles. The smallest absolute Gasteiger partial charge is 0.203 e. The Bertz CT molecular complexity index is 574. The summed E-state index contributed by atoms with van der Waals surface area (Å²) in [5.41, 5.74) is 0.625. The van der Waals surface area contributed by atoms with Crippen molar-refractivity contribution >= 4 is 5.96 Å². The highest BCUT2D eigenvalue weighted by Crippen LogP contribution is 2.39. The Hall–Kier alpha value is -2.15. The van der Waals surface area contributed by atoms with Crippen LogP contribution in [0.15, 0.2) is 17.1 Å². The van der Waals surface area contributed by atoms with Crippen molar-refractivity contribution < 1.29 is 18.9 Å². The normalized spacial score (nSPS) is 11.9. The first-order valence-electron chi connectivity index (χ1n) is 8.27. The maximum absolute atomic E-state index is 5.50. The maximum atomic E-state index is 5.50. The molecule has 0 atom stereocenters. The van der Waals surface area contributed by atoms with E-state index < -0.39 is 0 Å². The molecule has 0 fully saturated rings. The SMILES string of the molecule is CCNC(=NCc1ccc(OC)c(OC)c1OC)NCC(C)(C)OC. The fraction of sp³-hybridized carbons (Fsp3) is 0.611. The van der Waals surface area contributed by atoms with E-state index >= 15 is 0 Å². The Labute approximate surface area is 150 Å². The van der Waals surface area contributed by atoms with E-state index in [9.17, 15) is 0 Å². The summed E-state index contributed by atoms with van der Waals surface area (Å²) in [6, 6.07) is 3.77. The van der Waals surface area contributed by atoms with Crippen LogP contribution in [0.1, 0.15) is 26.3 Å². The van der Waals surface area contributed by atoms with E-state index in [1.165, 1.54) is 0 Å². The fourth-order valence-corrected chi connectivity index (χ4v) is 2.16. The number of hydrogen-bond acceptors (Lipinski definition) is 5. The van der Waals surface area contributed by atoms with Crippen molar-refractivity contribution in [3.8, 4) is 17.2 Å². The molecule has 7 nitrogen and oxygen atoms in total. The third-order valence-corrected chi connectivity index (χ3v) is 3.77. The van der Waals surface area contributed by atoms with Crippen LogP contribution in [-0.4, -0.2) is 53.1 Å². The number of guanidine groups is 1. The summed E-state index contributed by atoms with van der Waals surface area (Å²) in [6.45, 7) is 7.89. The van der Waals surface area contributed by atoms with Gasteiger partial charge in [0.15, 0.2) is 17.5 Å². The summed E-state index contributed by atoms with van der Waals surface area (Å²) in [5.74, 6) is 2.53. The molecule has 142 valence electrons. The van der Waals surface area contributed by atoms with E-state index in [0.29, 0.717) is 36.3 Å². The number of nitrogens with zero attached hydrogens (tertiary/aromatic N) is 1. The number of methoxy groups -OCH3 is 4. The van der Waals surface area contributed by atoms with Gasteiger partial charge in [0.25, 0.3) is 0 Å². The third-order valence-electron chi connectivity index (χ3n) is 3.77. The van der Waals surface area contributed by atoms with Crippen LogP contribution in [0.3, 0.4) is 0 Å². The van der Waals surface area contributed by atoms with E-state index in [-0.39, 0.29) is 5.60 Å². The lowest BCUT2D eigenvalue weighted by Gasteiger charge is -2.24. The minimum atomic E-state index is -0.281. The van der Waals surface area contributed by atoms with Crippen molar-refractivity contribution in [3.05, 3.63) is 17.7 Å². The Morgan fingerprint density at radius 3 is 2.20 bits per heavy atom. The van der Waals surface area contributed by atoms with Gasteiger partial charge in [0.2, 0.25) is 5.75 Å². The van der Waals surface area contributed by atoms with Gasteiger partial charge in [-0.15, -0.1) is 0 Å². The van der Waals surface area contributed by atoms with Crippen molar-refractivity contribution in [3.63, 3.8) is 0 Å². The predicted octanol–water partition coefficient (Wildman–Crippen LogP) is 2.19. The standard InChI is InChI=1S/C18H31N3O4/c1-8-19-17(21-12-18(2,3)25-7)20-11-13-9-10-14(22-4)16(24-6)15(13)23-5/h9-10H,8,11-12H2,1-7H3,(H2,19,20,21). The number of ether oxygens (including phenoxy) is 4. The molecule has 0 unspecified atom stereocenters. The minimum absolute atomic E-state index is 0.281. The molecule has 7 heteroatoms. The molecule has 1 aromatic rings. The zero-order valence-electron chi connectivity index (χ0n) is 16.4. The molecule has 0 saturated carbocycles. The molecular formula is C18H31N3O4. The van der Waals surface area contributed by atoms with Gasteiger partial charge < -0.3 is 29.6 Å². The van der Waals surface area contributed by atoms with Crippen LogP contribution in [0.4, 0.5) is 0 Å². The molecule has 0 bridgehead atoms. The number of nitrogens with one attached hydrogen (secondary N) is 2. The van der Waals surface area contributed by atoms with Crippen LogP contribution in [0.25, 0.3) is 0 Å². The first-order valence-corrected chi connectivity index (χ1v) is 8.27. The highest BCUT2D eigenvalue weighted by Gasteiger charge is 2.18. The van der Waals surface area contributed by atoms with E-state index in [1.807, 2.05) is 32.9 Å². The summed E-state index contributed by atoms with van der Waals surface area (Å²) in [6.07, 6.45) is 0. The Morgan fingerprint density at radius 2 is 1.68 bits per heavy atom. The number of aliphatic imine (C=N–C) groups is 1. The monoisotopic (exact) mass is 353 g/mol. The molecule has 0 amide bonds. The van der Waals surface area contributed by atoms with Gasteiger partial charge in [0.1, 0.15) is 0 Å². The van der Waals surface area contributed by atoms with Gasteiger partial charge in [-0.05, 0) is 32.9 Å². The highest BCUT2D eigenvalue weighted by molar-refractivity contribution is 5.79. The van der Waals surface area contributed by atoms with Crippen molar-refractivity contribution in [2.45, 2.75) is 32.9 Å². The molecule has 2 N–H and O–H groups in total. The van der Waals surface area contributed by atoms with Gasteiger partial charge in [-0.2, -0.15) is 0 Å². The Kier molecular flexibility index (Phi) is 8.34. The summed E-state index contributed by atoms with van der Waals surface area (Å²) < 4.78 is 21.6. The molecule has 0 aromatic heterocycles. The second-order valence-corrected chi connectivity index (χ2v) is 6.01. The van der Waals surface area contributed by atoms with E-state index in [4.69, 9.17) is 18.9 Å². The van der Waals surface area contributed by atoms with E-state index in [0.717, 1.165) is 12.1 Å². The summed E-state index contributed by atoms with van der Waals surface area (Å²) in [4.78, 5) is 4.62. The first-order chi connectivity index (χ1) is 11.9. The zero-order valence-corrected chi connectivity index (χ0v) is 16.4. The zero-order chi connectivity index (χ0) is 18.9. The minimum Gasteiger partial charge on any atom is -0.493 e. The average Bonchev–Trinajstić information content (AvgIpc) is 2.62. The van der Waals surface area contributed by atoms with Gasteiger partial charge in [0.05, 0.1) is 33.5 Å². The number of rotatable bonds is 9. The number of hydrogen-bond donors (Lipinski definition) is 2. The first kappa shape index (κ1) is 20.9. The molecular weight excluding hydrogens is 322 g/mol. The van der Waals surface area contributed by atoms with Crippen LogP contribution >= 0.6 is 0 Å². The summed E-state index contributed by atoms with van der Waals surface area (Å²) >= 11 is 0. The molecule has 25 heavy (non-hydrogen) atoms. The van der Waals surface area contributed by atoms with Crippen LogP contribution in [0.5, 0.6) is 17.2 Å². The maximum Gasteiger partial charge on any atom is 0.203 e. The van der Waals surface area contributed by atoms with Crippen molar-refractivity contribution in [1.82, 2.24) is 10.6 Å². The Balaban J connectivity index is 2.98. The second kappa shape index (κ2) is 9.98. The number of benzene rings is 1. The predicted molar refractivity (Wildman–Crippen MR) is 100 cm³/mol.